The van der Waals surface area contributed by atoms with Crippen LogP contribution in [0.5, 0.6) is 5.75 Å². The smallest absolute Gasteiger partial charge is 0.295 e. The second-order valence-corrected chi connectivity index (χ2v) is 7.47. The minimum atomic E-state index is -0.368. The molecule has 152 valence electrons. The Morgan fingerprint density at radius 2 is 1.79 bits per heavy atom. The van der Waals surface area contributed by atoms with E-state index in [-0.39, 0.29) is 29.7 Å². The number of para-hydroxylation sites is 1. The first-order chi connectivity index (χ1) is 13.8. The van der Waals surface area contributed by atoms with Crippen molar-refractivity contribution >= 4 is 11.6 Å². The van der Waals surface area contributed by atoms with Gasteiger partial charge in [-0.3, -0.25) is 14.3 Å². The number of rotatable bonds is 6. The van der Waals surface area contributed by atoms with Gasteiger partial charge in [-0.05, 0) is 49.1 Å². The first kappa shape index (κ1) is 20.5. The van der Waals surface area contributed by atoms with Gasteiger partial charge in [-0.15, -0.1) is 0 Å². The first-order valence-corrected chi connectivity index (χ1v) is 9.66. The van der Waals surface area contributed by atoms with Crippen LogP contribution >= 0.6 is 0 Å². The van der Waals surface area contributed by atoms with Crippen molar-refractivity contribution in [2.75, 3.05) is 11.9 Å². The summed E-state index contributed by atoms with van der Waals surface area (Å²) in [5, 5.41) is 2.72. The van der Waals surface area contributed by atoms with Crippen molar-refractivity contribution in [3.8, 4) is 11.4 Å². The quantitative estimate of drug-likeness (QED) is 0.690. The van der Waals surface area contributed by atoms with Crippen LogP contribution in [0.2, 0.25) is 0 Å². The van der Waals surface area contributed by atoms with E-state index < -0.39 is 0 Å². The van der Waals surface area contributed by atoms with Crippen molar-refractivity contribution in [1.82, 2.24) is 9.36 Å². The molecule has 1 amide bonds. The van der Waals surface area contributed by atoms with E-state index in [1.165, 1.54) is 4.68 Å². The summed E-state index contributed by atoms with van der Waals surface area (Å²) in [7, 11) is 1.79. The van der Waals surface area contributed by atoms with Crippen LogP contribution in [0.3, 0.4) is 0 Å². The van der Waals surface area contributed by atoms with Gasteiger partial charge in [0.05, 0.1) is 11.4 Å². The van der Waals surface area contributed by atoms with Crippen molar-refractivity contribution in [2.45, 2.75) is 33.6 Å². The lowest BCUT2D eigenvalue weighted by atomic mass is 10.0. The fraction of sp³-hybridized carbons (Fsp3) is 0.304. The summed E-state index contributed by atoms with van der Waals surface area (Å²) in [4.78, 5) is 25.4. The van der Waals surface area contributed by atoms with Gasteiger partial charge in [0.2, 0.25) is 0 Å². The third-order valence-corrected chi connectivity index (χ3v) is 4.97. The third-order valence-electron chi connectivity index (χ3n) is 4.97. The Morgan fingerprint density at radius 3 is 2.45 bits per heavy atom. The highest BCUT2D eigenvalue weighted by molar-refractivity contribution is 5.92. The minimum absolute atomic E-state index is 0.164. The molecule has 0 radical (unpaired) electrons. The Kier molecular flexibility index (Phi) is 5.92. The highest BCUT2D eigenvalue weighted by atomic mass is 16.5. The van der Waals surface area contributed by atoms with Crippen LogP contribution < -0.4 is 15.6 Å². The van der Waals surface area contributed by atoms with Crippen molar-refractivity contribution in [1.29, 1.82) is 0 Å². The molecule has 1 heterocycles. The van der Waals surface area contributed by atoms with Gasteiger partial charge >= 0.3 is 0 Å². The fourth-order valence-electron chi connectivity index (χ4n) is 3.27. The van der Waals surface area contributed by atoms with E-state index in [1.54, 1.807) is 18.7 Å². The van der Waals surface area contributed by atoms with Crippen molar-refractivity contribution in [2.24, 2.45) is 7.05 Å². The number of hydrogen-bond donors (Lipinski definition) is 1. The Hall–Kier alpha value is -3.28. The Labute approximate surface area is 170 Å². The lowest BCUT2D eigenvalue weighted by Crippen LogP contribution is -2.26. The third kappa shape index (κ3) is 4.26. The molecule has 0 saturated carbocycles. The summed E-state index contributed by atoms with van der Waals surface area (Å²) >= 11 is 0. The van der Waals surface area contributed by atoms with E-state index in [2.05, 4.69) is 19.2 Å². The highest BCUT2D eigenvalue weighted by Gasteiger charge is 2.18. The van der Waals surface area contributed by atoms with Gasteiger partial charge in [0.25, 0.3) is 11.5 Å². The van der Waals surface area contributed by atoms with Crippen molar-refractivity contribution in [3.05, 3.63) is 75.7 Å². The monoisotopic (exact) mass is 393 g/mol. The molecule has 0 fully saturated rings. The number of carbonyl (C=O) groups excluding carboxylic acids is 1. The number of benzene rings is 2. The van der Waals surface area contributed by atoms with Gasteiger partial charge in [0.1, 0.15) is 11.4 Å². The van der Waals surface area contributed by atoms with Crippen LogP contribution in [0, 0.1) is 13.8 Å². The number of carbonyl (C=O) groups is 1. The molecule has 0 saturated heterocycles. The number of ether oxygens (including phenoxy) is 1. The standard InChI is InChI=1S/C23H27N3O3/c1-15(2)19-12-11-16(3)13-20(19)29-14-21(27)24-22-17(4)25(5)26(23(22)28)18-9-7-6-8-10-18/h6-13,15H,14H2,1-5H3,(H,24,27). The summed E-state index contributed by atoms with van der Waals surface area (Å²) in [6.07, 6.45) is 0. The maximum absolute atomic E-state index is 12.9. The summed E-state index contributed by atoms with van der Waals surface area (Å²) in [5.41, 5.74) is 3.51. The van der Waals surface area contributed by atoms with E-state index >= 15 is 0 Å². The summed E-state index contributed by atoms with van der Waals surface area (Å²) in [6.45, 7) is 7.78. The van der Waals surface area contributed by atoms with Crippen LogP contribution in [0.1, 0.15) is 36.6 Å². The first-order valence-electron chi connectivity index (χ1n) is 9.66. The summed E-state index contributed by atoms with van der Waals surface area (Å²) < 4.78 is 9.05. The molecule has 3 rings (SSSR count). The Balaban J connectivity index is 1.79. The normalized spacial score (nSPS) is 11.0. The molecule has 6 nitrogen and oxygen atoms in total. The average molecular weight is 393 g/mol. The van der Waals surface area contributed by atoms with Gasteiger partial charge in [0.15, 0.2) is 6.61 Å². The van der Waals surface area contributed by atoms with Gasteiger partial charge in [-0.1, -0.05) is 44.2 Å². The lowest BCUT2D eigenvalue weighted by molar-refractivity contribution is -0.118. The summed E-state index contributed by atoms with van der Waals surface area (Å²) in [5.74, 6) is 0.608. The van der Waals surface area contributed by atoms with E-state index in [0.29, 0.717) is 11.4 Å². The summed E-state index contributed by atoms with van der Waals surface area (Å²) in [6, 6.07) is 15.3. The van der Waals surface area contributed by atoms with Crippen LogP contribution in [0.15, 0.2) is 53.3 Å². The zero-order chi connectivity index (χ0) is 21.1. The topological polar surface area (TPSA) is 65.3 Å². The number of anilines is 1. The molecular formula is C23H27N3O3. The molecule has 0 unspecified atom stereocenters. The largest absolute Gasteiger partial charge is 0.483 e. The second kappa shape index (κ2) is 8.39. The van der Waals surface area contributed by atoms with E-state index in [4.69, 9.17) is 4.74 Å². The number of aryl methyl sites for hydroxylation is 1. The Morgan fingerprint density at radius 1 is 1.10 bits per heavy atom. The molecule has 0 atom stereocenters. The van der Waals surface area contributed by atoms with Crippen LogP contribution in [-0.4, -0.2) is 21.9 Å². The van der Waals surface area contributed by atoms with E-state index in [1.807, 2.05) is 55.5 Å². The number of amides is 1. The van der Waals surface area contributed by atoms with Crippen molar-refractivity contribution < 1.29 is 9.53 Å². The highest BCUT2D eigenvalue weighted by Crippen LogP contribution is 2.27. The SMILES string of the molecule is Cc1ccc(C(C)C)c(OCC(=O)Nc2c(C)n(C)n(-c3ccccc3)c2=O)c1. The molecule has 0 bridgehead atoms. The van der Waals surface area contributed by atoms with Gasteiger partial charge in [-0.25, -0.2) is 4.68 Å². The molecule has 0 aliphatic heterocycles. The lowest BCUT2D eigenvalue weighted by Gasteiger charge is -2.14. The van der Waals surface area contributed by atoms with Crippen molar-refractivity contribution in [3.63, 3.8) is 0 Å². The van der Waals surface area contributed by atoms with Gasteiger partial charge in [0, 0.05) is 7.05 Å². The maximum Gasteiger partial charge on any atom is 0.295 e. The maximum atomic E-state index is 12.9. The number of aromatic nitrogens is 2. The minimum Gasteiger partial charge on any atom is -0.483 e. The van der Waals surface area contributed by atoms with Crippen LogP contribution in [0.4, 0.5) is 5.69 Å². The average Bonchev–Trinajstić information content (AvgIpc) is 2.90. The fourth-order valence-corrected chi connectivity index (χ4v) is 3.27. The Bertz CT molecular complexity index is 1080. The van der Waals surface area contributed by atoms with Crippen LogP contribution in [-0.2, 0) is 11.8 Å². The molecule has 1 N–H and O–H groups in total. The predicted octanol–water partition coefficient (Wildman–Crippen LogP) is 3.93. The van der Waals surface area contributed by atoms with E-state index in [9.17, 15) is 9.59 Å². The molecule has 2 aromatic carbocycles. The van der Waals surface area contributed by atoms with Crippen LogP contribution in [0.25, 0.3) is 5.69 Å². The zero-order valence-electron chi connectivity index (χ0n) is 17.5. The van der Waals surface area contributed by atoms with Gasteiger partial charge < -0.3 is 10.1 Å². The van der Waals surface area contributed by atoms with E-state index in [0.717, 1.165) is 16.8 Å². The molecular weight excluding hydrogens is 366 g/mol. The molecule has 29 heavy (non-hydrogen) atoms. The van der Waals surface area contributed by atoms with Gasteiger partial charge in [-0.2, -0.15) is 0 Å². The number of hydrogen-bond acceptors (Lipinski definition) is 3. The second-order valence-electron chi connectivity index (χ2n) is 7.47. The molecule has 0 aliphatic rings. The molecule has 0 spiro atoms. The zero-order valence-corrected chi connectivity index (χ0v) is 17.5. The number of nitrogens with one attached hydrogen (secondary N) is 1. The molecule has 3 aromatic rings. The number of nitrogens with zero attached hydrogens (tertiary/aromatic N) is 2. The molecule has 6 heteroatoms. The molecule has 0 aliphatic carbocycles. The molecule has 1 aromatic heterocycles. The predicted molar refractivity (Wildman–Crippen MR) is 115 cm³/mol.